The molecular formula is C11H15BrClN. The van der Waals surface area contributed by atoms with Crippen molar-refractivity contribution >= 4 is 33.2 Å². The molecule has 0 fully saturated rings. The molecule has 0 amide bonds. The van der Waals surface area contributed by atoms with Gasteiger partial charge >= 0.3 is 0 Å². The van der Waals surface area contributed by atoms with Gasteiger partial charge in [-0.2, -0.15) is 0 Å². The summed E-state index contributed by atoms with van der Waals surface area (Å²) in [6.07, 6.45) is 1.13. The van der Waals surface area contributed by atoms with E-state index in [1.807, 2.05) is 6.07 Å². The van der Waals surface area contributed by atoms with Crippen LogP contribution in [0.5, 0.6) is 0 Å². The Bertz CT molecular complexity index is 301. The van der Waals surface area contributed by atoms with Gasteiger partial charge < -0.3 is 4.90 Å². The summed E-state index contributed by atoms with van der Waals surface area (Å²) in [6, 6.07) is 6.19. The van der Waals surface area contributed by atoms with Gasteiger partial charge in [0.2, 0.25) is 0 Å². The van der Waals surface area contributed by atoms with Crippen LogP contribution in [-0.4, -0.2) is 13.6 Å². The Labute approximate surface area is 99.2 Å². The number of nitrogens with zero attached hydrogens (tertiary/aromatic N) is 1. The lowest BCUT2D eigenvalue weighted by Gasteiger charge is -2.20. The third kappa shape index (κ3) is 2.89. The van der Waals surface area contributed by atoms with Crippen molar-refractivity contribution in [2.45, 2.75) is 18.7 Å². The predicted octanol–water partition coefficient (Wildman–Crippen LogP) is 4.08. The van der Waals surface area contributed by atoms with Crippen molar-refractivity contribution in [2.24, 2.45) is 0 Å². The quantitative estimate of drug-likeness (QED) is 0.749. The Hall–Kier alpha value is -0.210. The molecule has 0 aliphatic heterocycles. The molecule has 1 rings (SSSR count). The van der Waals surface area contributed by atoms with Gasteiger partial charge in [0.1, 0.15) is 0 Å². The fourth-order valence-electron chi connectivity index (χ4n) is 1.40. The zero-order valence-electron chi connectivity index (χ0n) is 8.56. The van der Waals surface area contributed by atoms with Gasteiger partial charge in [-0.1, -0.05) is 40.5 Å². The average molecular weight is 277 g/mol. The van der Waals surface area contributed by atoms with Crippen LogP contribution in [0, 0.1) is 0 Å². The summed E-state index contributed by atoms with van der Waals surface area (Å²) in [5.74, 6) is 0. The fourth-order valence-corrected chi connectivity index (χ4v) is 2.10. The summed E-state index contributed by atoms with van der Waals surface area (Å²) in [5.41, 5.74) is 2.32. The van der Waals surface area contributed by atoms with E-state index in [2.05, 4.69) is 46.9 Å². The zero-order chi connectivity index (χ0) is 10.6. The first-order valence-electron chi connectivity index (χ1n) is 4.74. The lowest BCUT2D eigenvalue weighted by atomic mass is 10.2. The molecule has 0 heterocycles. The van der Waals surface area contributed by atoms with Crippen LogP contribution < -0.4 is 4.90 Å². The highest BCUT2D eigenvalue weighted by atomic mass is 79.9. The molecule has 0 aliphatic carbocycles. The summed E-state index contributed by atoms with van der Waals surface area (Å²) in [7, 11) is 2.07. The topological polar surface area (TPSA) is 3.24 Å². The maximum absolute atomic E-state index is 6.18. The highest BCUT2D eigenvalue weighted by molar-refractivity contribution is 9.08. The number of halogens is 2. The highest BCUT2D eigenvalue weighted by Crippen LogP contribution is 2.26. The van der Waals surface area contributed by atoms with Gasteiger partial charge in [-0.15, -0.1) is 0 Å². The molecule has 0 aromatic heterocycles. The summed E-state index contributed by atoms with van der Waals surface area (Å²) < 4.78 is 0. The van der Waals surface area contributed by atoms with Crippen LogP contribution in [0.25, 0.3) is 0 Å². The standard InChI is InChI=1S/C11H15BrClN/c1-3-6-14(2)11-5-4-9(8-12)7-10(11)13/h4-5,7H,3,6,8H2,1-2H3. The molecule has 0 spiro atoms. The normalized spacial score (nSPS) is 10.3. The van der Waals surface area contributed by atoms with E-state index in [1.165, 1.54) is 5.56 Å². The Morgan fingerprint density at radius 2 is 2.14 bits per heavy atom. The fraction of sp³-hybridized carbons (Fsp3) is 0.455. The molecule has 0 radical (unpaired) electrons. The second-order valence-corrected chi connectivity index (χ2v) is 4.31. The van der Waals surface area contributed by atoms with E-state index in [0.29, 0.717) is 0 Å². The number of rotatable bonds is 4. The SMILES string of the molecule is CCCN(C)c1ccc(CBr)cc1Cl. The van der Waals surface area contributed by atoms with Crippen molar-refractivity contribution in [2.75, 3.05) is 18.5 Å². The molecule has 14 heavy (non-hydrogen) atoms. The molecule has 0 N–H and O–H groups in total. The third-order valence-electron chi connectivity index (χ3n) is 2.14. The minimum atomic E-state index is 0.831. The molecular weight excluding hydrogens is 261 g/mol. The van der Waals surface area contributed by atoms with Gasteiger partial charge in [-0.05, 0) is 24.1 Å². The van der Waals surface area contributed by atoms with E-state index in [-0.39, 0.29) is 0 Å². The van der Waals surface area contributed by atoms with Crippen molar-refractivity contribution in [3.63, 3.8) is 0 Å². The molecule has 3 heteroatoms. The molecule has 0 saturated heterocycles. The molecule has 1 aromatic carbocycles. The predicted molar refractivity (Wildman–Crippen MR) is 67.6 cm³/mol. The van der Waals surface area contributed by atoms with Gasteiger partial charge in [0.25, 0.3) is 0 Å². The summed E-state index contributed by atoms with van der Waals surface area (Å²) in [6.45, 7) is 3.20. The number of hydrogen-bond acceptors (Lipinski definition) is 1. The van der Waals surface area contributed by atoms with E-state index in [9.17, 15) is 0 Å². The van der Waals surface area contributed by atoms with Crippen LogP contribution in [0.15, 0.2) is 18.2 Å². The Balaban J connectivity index is 2.88. The smallest absolute Gasteiger partial charge is 0.0642 e. The first kappa shape index (κ1) is 11.9. The van der Waals surface area contributed by atoms with E-state index in [4.69, 9.17) is 11.6 Å². The zero-order valence-corrected chi connectivity index (χ0v) is 10.9. The van der Waals surface area contributed by atoms with Gasteiger partial charge in [0.15, 0.2) is 0 Å². The molecule has 0 bridgehead atoms. The second-order valence-electron chi connectivity index (χ2n) is 3.34. The summed E-state index contributed by atoms with van der Waals surface area (Å²) in [4.78, 5) is 2.18. The van der Waals surface area contributed by atoms with Crippen LogP contribution in [0.4, 0.5) is 5.69 Å². The van der Waals surface area contributed by atoms with E-state index >= 15 is 0 Å². The van der Waals surface area contributed by atoms with Crippen LogP contribution >= 0.6 is 27.5 Å². The van der Waals surface area contributed by atoms with Crippen LogP contribution in [-0.2, 0) is 5.33 Å². The Kier molecular flexibility index (Phi) is 4.76. The van der Waals surface area contributed by atoms with E-state index < -0.39 is 0 Å². The minimum absolute atomic E-state index is 0.831. The van der Waals surface area contributed by atoms with Crippen molar-refractivity contribution in [1.82, 2.24) is 0 Å². The Morgan fingerprint density at radius 3 is 2.64 bits per heavy atom. The third-order valence-corrected chi connectivity index (χ3v) is 3.09. The second kappa shape index (κ2) is 5.62. The van der Waals surface area contributed by atoms with Gasteiger partial charge in [-0.25, -0.2) is 0 Å². The van der Waals surface area contributed by atoms with Crippen molar-refractivity contribution in [3.8, 4) is 0 Å². The molecule has 0 saturated carbocycles. The first-order valence-corrected chi connectivity index (χ1v) is 6.24. The van der Waals surface area contributed by atoms with Crippen LogP contribution in [0.1, 0.15) is 18.9 Å². The average Bonchev–Trinajstić information content (AvgIpc) is 2.17. The number of hydrogen-bond donors (Lipinski definition) is 0. The van der Waals surface area contributed by atoms with Gasteiger partial charge in [-0.3, -0.25) is 0 Å². The first-order chi connectivity index (χ1) is 6.69. The van der Waals surface area contributed by atoms with Crippen LogP contribution in [0.3, 0.4) is 0 Å². The lowest BCUT2D eigenvalue weighted by Crippen LogP contribution is -2.18. The summed E-state index contributed by atoms with van der Waals surface area (Å²) in [5, 5.41) is 1.68. The Morgan fingerprint density at radius 1 is 1.43 bits per heavy atom. The molecule has 0 aliphatic rings. The van der Waals surface area contributed by atoms with E-state index in [1.54, 1.807) is 0 Å². The maximum atomic E-state index is 6.18. The van der Waals surface area contributed by atoms with Crippen molar-refractivity contribution < 1.29 is 0 Å². The van der Waals surface area contributed by atoms with Crippen LogP contribution in [0.2, 0.25) is 5.02 Å². The minimum Gasteiger partial charge on any atom is -0.373 e. The van der Waals surface area contributed by atoms with Gasteiger partial charge in [0, 0.05) is 18.9 Å². The van der Waals surface area contributed by atoms with Crippen molar-refractivity contribution in [1.29, 1.82) is 0 Å². The number of anilines is 1. The molecule has 0 unspecified atom stereocenters. The lowest BCUT2D eigenvalue weighted by molar-refractivity contribution is 0.852. The largest absolute Gasteiger partial charge is 0.373 e. The number of benzene rings is 1. The highest BCUT2D eigenvalue weighted by Gasteiger charge is 2.05. The maximum Gasteiger partial charge on any atom is 0.0642 e. The number of alkyl halides is 1. The van der Waals surface area contributed by atoms with E-state index in [0.717, 1.165) is 29.0 Å². The van der Waals surface area contributed by atoms with Crippen molar-refractivity contribution in [3.05, 3.63) is 28.8 Å². The summed E-state index contributed by atoms with van der Waals surface area (Å²) >= 11 is 9.59. The molecule has 0 atom stereocenters. The molecule has 78 valence electrons. The van der Waals surface area contributed by atoms with Gasteiger partial charge in [0.05, 0.1) is 10.7 Å². The molecule has 1 nitrogen and oxygen atoms in total. The molecule has 1 aromatic rings. The monoisotopic (exact) mass is 275 g/mol.